The third kappa shape index (κ3) is 7.96. The molecular formula is C20H26F2N3NaO5S. The second-order valence-corrected chi connectivity index (χ2v) is 8.03. The number of imidazole rings is 1. The van der Waals surface area contributed by atoms with Crippen molar-refractivity contribution in [3.8, 4) is 17.2 Å². The van der Waals surface area contributed by atoms with Crippen molar-refractivity contribution >= 4 is 21.8 Å². The summed E-state index contributed by atoms with van der Waals surface area (Å²) < 4.78 is 52.1. The number of hydrogen-bond donors (Lipinski definition) is 2. The van der Waals surface area contributed by atoms with Gasteiger partial charge in [0.15, 0.2) is 16.7 Å². The molecule has 1 aromatic carbocycles. The minimum atomic E-state index is -2.92. The minimum Gasteiger partial charge on any atom is -1.00 e. The van der Waals surface area contributed by atoms with Crippen LogP contribution >= 0.6 is 0 Å². The summed E-state index contributed by atoms with van der Waals surface area (Å²) in [6.45, 7) is 1.33. The van der Waals surface area contributed by atoms with Crippen molar-refractivity contribution in [2.24, 2.45) is 5.92 Å². The van der Waals surface area contributed by atoms with Crippen molar-refractivity contribution in [2.45, 2.75) is 31.4 Å². The van der Waals surface area contributed by atoms with Crippen LogP contribution in [0.25, 0.3) is 11.0 Å². The standard InChI is InChI=1S/C16H15F2N3O4S.C4H10O.Na.H/c1-23-13-5-6-19-12(14(13)24-2)8-26(22)16-20-10-4-3-9(25-15(17)18)7-11(10)21-16;1-4(2)3-5;;/h3-7,15H,8H2,1-2H3,(H,20,21);4-5H,3H2,1-2H3;;/q;;+1;-1. The maximum atomic E-state index is 12.6. The van der Waals surface area contributed by atoms with Gasteiger partial charge in [-0.3, -0.25) is 9.19 Å². The van der Waals surface area contributed by atoms with E-state index in [1.807, 2.05) is 13.8 Å². The van der Waals surface area contributed by atoms with Gasteiger partial charge in [-0.2, -0.15) is 8.78 Å². The Balaban J connectivity index is 0.00000133. The predicted molar refractivity (Wildman–Crippen MR) is 113 cm³/mol. The first-order valence-electron chi connectivity index (χ1n) is 9.28. The number of alkyl halides is 2. The van der Waals surface area contributed by atoms with Gasteiger partial charge in [-0.05, 0) is 18.1 Å². The van der Waals surface area contributed by atoms with E-state index in [4.69, 9.17) is 14.6 Å². The first-order chi connectivity index (χ1) is 14.8. The number of ether oxygens (including phenoxy) is 3. The van der Waals surface area contributed by atoms with Crippen molar-refractivity contribution in [3.05, 3.63) is 36.2 Å². The van der Waals surface area contributed by atoms with E-state index in [1.165, 1.54) is 38.6 Å². The average molecular weight is 481 g/mol. The minimum absolute atomic E-state index is 0. The second-order valence-electron chi connectivity index (χ2n) is 6.66. The zero-order valence-electron chi connectivity index (χ0n) is 19.6. The van der Waals surface area contributed by atoms with Crippen LogP contribution in [0.2, 0.25) is 0 Å². The molecule has 0 spiro atoms. The SMILES string of the molecule is CC(C)CO.COc1ccnc(CS(=O)c2nc3ccc(OC(F)F)cc3[nH]2)c1OC.[H-].[Na+]. The Morgan fingerprint density at radius 1 is 1.22 bits per heavy atom. The third-order valence-electron chi connectivity index (χ3n) is 3.87. The number of aromatic amines is 1. The van der Waals surface area contributed by atoms with Crippen LogP contribution in [-0.4, -0.2) is 51.7 Å². The summed E-state index contributed by atoms with van der Waals surface area (Å²) in [5.41, 5.74) is 1.38. The molecule has 1 atom stereocenters. The van der Waals surface area contributed by atoms with Gasteiger partial charge in [-0.1, -0.05) is 13.8 Å². The Labute approximate surface area is 210 Å². The molecule has 0 saturated heterocycles. The molecule has 12 heteroatoms. The molecule has 0 saturated carbocycles. The number of aromatic nitrogens is 3. The van der Waals surface area contributed by atoms with Gasteiger partial charge in [-0.15, -0.1) is 0 Å². The van der Waals surface area contributed by atoms with E-state index in [0.29, 0.717) is 40.8 Å². The van der Waals surface area contributed by atoms with E-state index in [9.17, 15) is 13.0 Å². The molecule has 1 unspecified atom stereocenters. The van der Waals surface area contributed by atoms with Crippen LogP contribution in [0.1, 0.15) is 21.0 Å². The molecule has 0 bridgehead atoms. The number of pyridine rings is 1. The number of H-pyrrole nitrogens is 1. The Hall–Kier alpha value is -1.79. The molecule has 32 heavy (non-hydrogen) atoms. The number of nitrogens with one attached hydrogen (secondary N) is 1. The molecule has 3 aromatic rings. The monoisotopic (exact) mass is 481 g/mol. The molecule has 2 heterocycles. The zero-order chi connectivity index (χ0) is 23.0. The fraction of sp³-hybridized carbons (Fsp3) is 0.400. The number of aliphatic hydroxyl groups is 1. The first kappa shape index (κ1) is 28.2. The number of fused-ring (bicyclic) bond motifs is 1. The van der Waals surface area contributed by atoms with Crippen LogP contribution in [0.4, 0.5) is 8.78 Å². The van der Waals surface area contributed by atoms with E-state index in [2.05, 4.69) is 19.7 Å². The van der Waals surface area contributed by atoms with Gasteiger partial charge < -0.3 is 25.7 Å². The van der Waals surface area contributed by atoms with E-state index < -0.39 is 17.4 Å². The number of hydrogen-bond acceptors (Lipinski definition) is 7. The number of aliphatic hydroxyl groups excluding tert-OH is 1. The van der Waals surface area contributed by atoms with Crippen LogP contribution in [0.5, 0.6) is 17.2 Å². The first-order valence-corrected chi connectivity index (χ1v) is 10.6. The zero-order valence-corrected chi connectivity index (χ0v) is 21.4. The van der Waals surface area contributed by atoms with E-state index in [-0.39, 0.29) is 47.6 Å². The van der Waals surface area contributed by atoms with E-state index >= 15 is 0 Å². The van der Waals surface area contributed by atoms with Gasteiger partial charge in [0.05, 0.1) is 47.5 Å². The van der Waals surface area contributed by atoms with Crippen molar-refractivity contribution in [2.75, 3.05) is 20.8 Å². The molecule has 8 nitrogen and oxygen atoms in total. The maximum absolute atomic E-state index is 12.6. The number of methoxy groups -OCH3 is 2. The van der Waals surface area contributed by atoms with Crippen LogP contribution in [0.3, 0.4) is 0 Å². The molecule has 0 aliphatic heterocycles. The van der Waals surface area contributed by atoms with Crippen LogP contribution in [0, 0.1) is 5.92 Å². The van der Waals surface area contributed by atoms with Gasteiger partial charge >= 0.3 is 36.2 Å². The molecule has 2 N–H and O–H groups in total. The summed E-state index contributed by atoms with van der Waals surface area (Å²) in [4.78, 5) is 11.3. The fourth-order valence-electron chi connectivity index (χ4n) is 2.40. The summed E-state index contributed by atoms with van der Waals surface area (Å²) in [6.07, 6.45) is 1.53. The number of nitrogens with zero attached hydrogens (tertiary/aromatic N) is 2. The van der Waals surface area contributed by atoms with Crippen molar-refractivity contribution < 1.29 is 63.3 Å². The Morgan fingerprint density at radius 2 is 1.91 bits per heavy atom. The van der Waals surface area contributed by atoms with E-state index in [1.54, 1.807) is 6.07 Å². The number of rotatable bonds is 8. The second kappa shape index (κ2) is 13.7. The van der Waals surface area contributed by atoms with Gasteiger partial charge in [-0.25, -0.2) is 4.98 Å². The summed E-state index contributed by atoms with van der Waals surface area (Å²) in [6, 6.07) is 5.89. The fourth-order valence-corrected chi connectivity index (χ4v) is 3.41. The normalized spacial score (nSPS) is 11.5. The smallest absolute Gasteiger partial charge is 1.00 e. The van der Waals surface area contributed by atoms with Crippen molar-refractivity contribution in [3.63, 3.8) is 0 Å². The topological polar surface area (TPSA) is 107 Å². The van der Waals surface area contributed by atoms with Crippen molar-refractivity contribution in [1.82, 2.24) is 15.0 Å². The molecule has 172 valence electrons. The van der Waals surface area contributed by atoms with Gasteiger partial charge in [0.2, 0.25) is 0 Å². The van der Waals surface area contributed by atoms with Gasteiger partial charge in [0.25, 0.3) is 0 Å². The molecule has 3 rings (SSSR count). The third-order valence-corrected chi connectivity index (χ3v) is 5.03. The molecule has 0 aliphatic carbocycles. The van der Waals surface area contributed by atoms with Crippen LogP contribution < -0.4 is 43.8 Å². The summed E-state index contributed by atoms with van der Waals surface area (Å²) >= 11 is 0. The quantitative estimate of drug-likeness (QED) is 0.455. The molecule has 0 aliphatic rings. The van der Waals surface area contributed by atoms with Crippen LogP contribution in [0.15, 0.2) is 35.6 Å². The van der Waals surface area contributed by atoms with Gasteiger partial charge in [0, 0.05) is 24.9 Å². The molecule has 2 aromatic heterocycles. The summed E-state index contributed by atoms with van der Waals surface area (Å²) in [5, 5.41) is 8.34. The Morgan fingerprint density at radius 3 is 2.47 bits per heavy atom. The number of benzene rings is 1. The Bertz CT molecular complexity index is 1030. The molecule has 0 amide bonds. The largest absolute Gasteiger partial charge is 1.00 e. The molecule has 0 radical (unpaired) electrons. The van der Waals surface area contributed by atoms with Gasteiger partial charge in [0.1, 0.15) is 5.75 Å². The predicted octanol–water partition coefficient (Wildman–Crippen LogP) is 0.635. The average Bonchev–Trinajstić information content (AvgIpc) is 3.17. The maximum Gasteiger partial charge on any atom is 1.00 e. The summed E-state index contributed by atoms with van der Waals surface area (Å²) in [5.74, 6) is 1.35. The molecular weight excluding hydrogens is 455 g/mol. The van der Waals surface area contributed by atoms with Crippen LogP contribution in [-0.2, 0) is 16.6 Å². The van der Waals surface area contributed by atoms with E-state index in [0.717, 1.165) is 0 Å². The molecule has 0 fully saturated rings. The Kier molecular flexibility index (Phi) is 12.1. The van der Waals surface area contributed by atoms with Crippen molar-refractivity contribution in [1.29, 1.82) is 0 Å². The number of halogens is 2. The summed E-state index contributed by atoms with van der Waals surface area (Å²) in [7, 11) is 1.41.